The number of piperidine rings is 1. The Morgan fingerprint density at radius 3 is 2.66 bits per heavy atom. The number of likely N-dealkylation sites (tertiary alicyclic amines) is 1. The van der Waals surface area contributed by atoms with Crippen molar-refractivity contribution in [2.45, 2.75) is 44.7 Å². The number of hydrogen-bond donors (Lipinski definition) is 0. The predicted octanol–water partition coefficient (Wildman–Crippen LogP) is 3.37. The summed E-state index contributed by atoms with van der Waals surface area (Å²) in [7, 11) is 3.28. The van der Waals surface area contributed by atoms with Gasteiger partial charge in [0.25, 0.3) is 0 Å². The lowest BCUT2D eigenvalue weighted by atomic mass is 9.95. The maximum atomic E-state index is 13.1. The number of tetrazole rings is 1. The van der Waals surface area contributed by atoms with Crippen molar-refractivity contribution in [3.63, 3.8) is 0 Å². The van der Waals surface area contributed by atoms with Gasteiger partial charge in [0.1, 0.15) is 6.54 Å². The molecule has 0 radical (unpaired) electrons. The standard InChI is InChI=1S/C24H29N5O3/c1-31-21-14-12-18(16-22(21)32-2)11-13-20-10-6-7-15-28(20)23(30)17-29-26-24(25-27-29)19-8-4-3-5-9-19/h3-5,8-9,12,14,16,20H,6-7,10-11,13,15,17H2,1-2H3. The van der Waals surface area contributed by atoms with Gasteiger partial charge in [0.2, 0.25) is 11.7 Å². The summed E-state index contributed by atoms with van der Waals surface area (Å²) in [5.74, 6) is 2.02. The van der Waals surface area contributed by atoms with Crippen molar-refractivity contribution in [1.29, 1.82) is 0 Å². The topological polar surface area (TPSA) is 82.4 Å². The van der Waals surface area contributed by atoms with Crippen molar-refractivity contribution in [2.24, 2.45) is 0 Å². The van der Waals surface area contributed by atoms with Gasteiger partial charge in [0.15, 0.2) is 11.5 Å². The van der Waals surface area contributed by atoms with E-state index in [1.807, 2.05) is 47.4 Å². The molecule has 1 aromatic heterocycles. The molecule has 168 valence electrons. The SMILES string of the molecule is COc1ccc(CCC2CCCCN2C(=O)Cn2nnc(-c3ccccc3)n2)cc1OC. The number of methoxy groups -OCH3 is 2. The molecular formula is C24H29N5O3. The van der Waals surface area contributed by atoms with Crippen LogP contribution >= 0.6 is 0 Å². The van der Waals surface area contributed by atoms with Gasteiger partial charge in [-0.05, 0) is 55.0 Å². The van der Waals surface area contributed by atoms with Crippen molar-refractivity contribution in [2.75, 3.05) is 20.8 Å². The molecule has 2 aromatic carbocycles. The van der Waals surface area contributed by atoms with Crippen molar-refractivity contribution >= 4 is 5.91 Å². The molecule has 0 bridgehead atoms. The predicted molar refractivity (Wildman–Crippen MR) is 120 cm³/mol. The Balaban J connectivity index is 1.39. The van der Waals surface area contributed by atoms with E-state index in [1.54, 1.807) is 14.2 Å². The van der Waals surface area contributed by atoms with Crippen LogP contribution < -0.4 is 9.47 Å². The van der Waals surface area contributed by atoms with E-state index >= 15 is 0 Å². The third kappa shape index (κ3) is 5.07. The highest BCUT2D eigenvalue weighted by Gasteiger charge is 2.27. The average molecular weight is 436 g/mol. The van der Waals surface area contributed by atoms with Crippen LogP contribution in [0.4, 0.5) is 0 Å². The van der Waals surface area contributed by atoms with Gasteiger partial charge in [0.05, 0.1) is 14.2 Å². The summed E-state index contributed by atoms with van der Waals surface area (Å²) in [6.07, 6.45) is 4.95. The third-order valence-electron chi connectivity index (χ3n) is 5.92. The highest BCUT2D eigenvalue weighted by Crippen LogP contribution is 2.29. The van der Waals surface area contributed by atoms with Crippen molar-refractivity contribution in [3.05, 3.63) is 54.1 Å². The zero-order valence-corrected chi connectivity index (χ0v) is 18.6. The zero-order chi connectivity index (χ0) is 22.3. The van der Waals surface area contributed by atoms with E-state index in [2.05, 4.69) is 21.5 Å². The molecule has 1 fully saturated rings. The summed E-state index contributed by atoms with van der Waals surface area (Å²) in [5, 5.41) is 12.6. The Bertz CT molecular complexity index is 1040. The van der Waals surface area contributed by atoms with E-state index in [0.717, 1.165) is 55.7 Å². The first-order valence-electron chi connectivity index (χ1n) is 11.0. The van der Waals surface area contributed by atoms with E-state index < -0.39 is 0 Å². The lowest BCUT2D eigenvalue weighted by Crippen LogP contribution is -2.45. The van der Waals surface area contributed by atoms with Crippen molar-refractivity contribution < 1.29 is 14.3 Å². The highest BCUT2D eigenvalue weighted by atomic mass is 16.5. The van der Waals surface area contributed by atoms with Gasteiger partial charge < -0.3 is 14.4 Å². The fraction of sp³-hybridized carbons (Fsp3) is 0.417. The lowest BCUT2D eigenvalue weighted by Gasteiger charge is -2.36. The number of rotatable bonds is 8. The molecule has 0 saturated carbocycles. The van der Waals surface area contributed by atoms with Gasteiger partial charge in [-0.3, -0.25) is 4.79 Å². The van der Waals surface area contributed by atoms with Gasteiger partial charge in [-0.15, -0.1) is 10.2 Å². The second-order valence-corrected chi connectivity index (χ2v) is 7.97. The van der Waals surface area contributed by atoms with E-state index in [0.29, 0.717) is 5.82 Å². The fourth-order valence-corrected chi connectivity index (χ4v) is 4.22. The Hall–Kier alpha value is -3.42. The van der Waals surface area contributed by atoms with E-state index in [4.69, 9.17) is 9.47 Å². The maximum absolute atomic E-state index is 13.1. The highest BCUT2D eigenvalue weighted by molar-refractivity contribution is 5.76. The molecule has 4 rings (SSSR count). The quantitative estimate of drug-likeness (QED) is 0.540. The third-order valence-corrected chi connectivity index (χ3v) is 5.92. The van der Waals surface area contributed by atoms with Crippen LogP contribution in [0.1, 0.15) is 31.2 Å². The van der Waals surface area contributed by atoms with Crippen LogP contribution in [-0.4, -0.2) is 57.8 Å². The molecule has 1 atom stereocenters. The van der Waals surface area contributed by atoms with Crippen LogP contribution in [0.25, 0.3) is 11.4 Å². The first-order valence-corrected chi connectivity index (χ1v) is 11.0. The number of amides is 1. The van der Waals surface area contributed by atoms with Crippen LogP contribution in [-0.2, 0) is 17.8 Å². The van der Waals surface area contributed by atoms with E-state index in [1.165, 1.54) is 10.4 Å². The minimum atomic E-state index is 0.0408. The van der Waals surface area contributed by atoms with Crippen LogP contribution in [0.5, 0.6) is 11.5 Å². The number of benzene rings is 2. The summed E-state index contributed by atoms with van der Waals surface area (Å²) >= 11 is 0. The van der Waals surface area contributed by atoms with Gasteiger partial charge >= 0.3 is 0 Å². The van der Waals surface area contributed by atoms with E-state index in [-0.39, 0.29) is 18.5 Å². The van der Waals surface area contributed by atoms with Gasteiger partial charge in [-0.25, -0.2) is 0 Å². The van der Waals surface area contributed by atoms with Crippen molar-refractivity contribution in [1.82, 2.24) is 25.1 Å². The molecule has 1 aliphatic heterocycles. The number of aryl methyl sites for hydroxylation is 1. The fourth-order valence-electron chi connectivity index (χ4n) is 4.22. The molecule has 8 heteroatoms. The summed E-state index contributed by atoms with van der Waals surface area (Å²) < 4.78 is 10.7. The van der Waals surface area contributed by atoms with Crippen LogP contribution in [0.3, 0.4) is 0 Å². The molecule has 1 aliphatic rings. The van der Waals surface area contributed by atoms with Gasteiger partial charge in [-0.1, -0.05) is 36.4 Å². The largest absolute Gasteiger partial charge is 0.493 e. The Kier molecular flexibility index (Phi) is 6.99. The number of hydrogen-bond acceptors (Lipinski definition) is 6. The average Bonchev–Trinajstić information content (AvgIpc) is 3.31. The molecule has 1 amide bonds. The molecule has 3 aromatic rings. The van der Waals surface area contributed by atoms with Crippen LogP contribution in [0.15, 0.2) is 48.5 Å². The minimum Gasteiger partial charge on any atom is -0.493 e. The zero-order valence-electron chi connectivity index (χ0n) is 18.6. The second-order valence-electron chi connectivity index (χ2n) is 7.97. The number of carbonyl (C=O) groups excluding carboxylic acids is 1. The van der Waals surface area contributed by atoms with Crippen molar-refractivity contribution in [3.8, 4) is 22.9 Å². The number of carbonyl (C=O) groups is 1. The Labute approximate surface area is 188 Å². The number of aromatic nitrogens is 4. The molecule has 8 nitrogen and oxygen atoms in total. The smallest absolute Gasteiger partial charge is 0.246 e. The summed E-state index contributed by atoms with van der Waals surface area (Å²) in [6.45, 7) is 0.877. The molecule has 2 heterocycles. The van der Waals surface area contributed by atoms with Gasteiger partial charge in [-0.2, -0.15) is 4.80 Å². The molecule has 0 spiro atoms. The normalized spacial score (nSPS) is 16.1. The summed E-state index contributed by atoms with van der Waals surface area (Å²) in [6, 6.07) is 15.9. The minimum absolute atomic E-state index is 0.0408. The van der Waals surface area contributed by atoms with Crippen LogP contribution in [0.2, 0.25) is 0 Å². The Morgan fingerprint density at radius 2 is 1.88 bits per heavy atom. The summed E-state index contributed by atoms with van der Waals surface area (Å²) in [5.41, 5.74) is 2.06. The van der Waals surface area contributed by atoms with E-state index in [9.17, 15) is 4.79 Å². The maximum Gasteiger partial charge on any atom is 0.246 e. The summed E-state index contributed by atoms with van der Waals surface area (Å²) in [4.78, 5) is 16.5. The molecule has 0 aliphatic carbocycles. The first kappa shape index (κ1) is 21.8. The molecular weight excluding hydrogens is 406 g/mol. The molecule has 0 N–H and O–H groups in total. The molecule has 32 heavy (non-hydrogen) atoms. The number of nitrogens with zero attached hydrogens (tertiary/aromatic N) is 5. The monoisotopic (exact) mass is 435 g/mol. The second kappa shape index (κ2) is 10.3. The lowest BCUT2D eigenvalue weighted by molar-refractivity contribution is -0.136. The molecule has 1 saturated heterocycles. The van der Waals surface area contributed by atoms with Gasteiger partial charge in [0, 0.05) is 18.2 Å². The first-order chi connectivity index (χ1) is 15.7. The van der Waals surface area contributed by atoms with Crippen LogP contribution in [0, 0.1) is 0 Å². The number of ether oxygens (including phenoxy) is 2. The molecule has 1 unspecified atom stereocenters. The Morgan fingerprint density at radius 1 is 1.06 bits per heavy atom.